The Morgan fingerprint density at radius 3 is 2.34 bits per heavy atom. The van der Waals surface area contributed by atoms with Crippen LogP contribution >= 0.6 is 0 Å². The van der Waals surface area contributed by atoms with Crippen molar-refractivity contribution in [1.82, 2.24) is 0 Å². The fourth-order valence-corrected chi connectivity index (χ4v) is 4.13. The number of ether oxygens (including phenoxy) is 3. The number of benzene rings is 3. The molecule has 1 heterocycles. The molecule has 35 heavy (non-hydrogen) atoms. The molecule has 3 aromatic carbocycles. The van der Waals surface area contributed by atoms with E-state index >= 15 is 0 Å². The van der Waals surface area contributed by atoms with Crippen molar-refractivity contribution in [3.63, 3.8) is 0 Å². The van der Waals surface area contributed by atoms with Crippen LogP contribution in [0.4, 0.5) is 5.69 Å². The van der Waals surface area contributed by atoms with E-state index in [1.807, 2.05) is 24.3 Å². The van der Waals surface area contributed by atoms with Crippen molar-refractivity contribution in [3.8, 4) is 28.4 Å². The summed E-state index contributed by atoms with van der Waals surface area (Å²) in [5.41, 5.74) is 4.63. The molecule has 6 nitrogen and oxygen atoms in total. The lowest BCUT2D eigenvalue weighted by Gasteiger charge is -2.29. The van der Waals surface area contributed by atoms with Gasteiger partial charge < -0.3 is 24.2 Å². The number of fused-ring (bicyclic) bond motifs is 1. The maximum atomic E-state index is 10.6. The van der Waals surface area contributed by atoms with Crippen LogP contribution in [0.15, 0.2) is 66.7 Å². The molecule has 0 aliphatic carbocycles. The Hall–Kier alpha value is -3.67. The van der Waals surface area contributed by atoms with E-state index in [9.17, 15) is 4.79 Å². The number of rotatable bonds is 12. The lowest BCUT2D eigenvalue weighted by atomic mass is 10.0. The van der Waals surface area contributed by atoms with Crippen molar-refractivity contribution in [2.24, 2.45) is 0 Å². The number of unbranched alkanes of at least 4 members (excludes halogenated alkanes) is 2. The maximum Gasteiger partial charge on any atom is 0.303 e. The summed E-state index contributed by atoms with van der Waals surface area (Å²) in [7, 11) is 0. The van der Waals surface area contributed by atoms with Gasteiger partial charge >= 0.3 is 5.97 Å². The lowest BCUT2D eigenvalue weighted by Crippen LogP contribution is -2.30. The van der Waals surface area contributed by atoms with E-state index < -0.39 is 5.97 Å². The van der Waals surface area contributed by atoms with Gasteiger partial charge in [-0.3, -0.25) is 4.79 Å². The van der Waals surface area contributed by atoms with E-state index in [1.54, 1.807) is 0 Å². The van der Waals surface area contributed by atoms with Gasteiger partial charge in [-0.2, -0.15) is 0 Å². The average molecular weight is 476 g/mol. The third kappa shape index (κ3) is 6.69. The van der Waals surface area contributed by atoms with Crippen molar-refractivity contribution in [1.29, 1.82) is 0 Å². The average Bonchev–Trinajstić information content (AvgIpc) is 3.33. The molecule has 0 radical (unpaired) electrons. The Morgan fingerprint density at radius 1 is 0.914 bits per heavy atom. The first kappa shape index (κ1) is 24.5. The van der Waals surface area contributed by atoms with Gasteiger partial charge in [-0.1, -0.05) is 30.3 Å². The first-order valence-electron chi connectivity index (χ1n) is 12.2. The number of nitrogens with zero attached hydrogens (tertiary/aromatic N) is 1. The predicted molar refractivity (Wildman–Crippen MR) is 137 cm³/mol. The molecule has 1 aliphatic rings. The summed E-state index contributed by atoms with van der Waals surface area (Å²) in [4.78, 5) is 12.9. The number of hydrogen-bond donors (Lipinski definition) is 1. The molecule has 184 valence electrons. The first-order valence-corrected chi connectivity index (χ1v) is 12.2. The molecule has 0 aromatic heterocycles. The third-order valence-electron chi connectivity index (χ3n) is 6.11. The van der Waals surface area contributed by atoms with E-state index in [0.717, 1.165) is 47.8 Å². The summed E-state index contributed by atoms with van der Waals surface area (Å²) in [5.74, 6) is 1.69. The summed E-state index contributed by atoms with van der Waals surface area (Å²) < 4.78 is 16.7. The number of carbonyl (C=O) groups is 1. The van der Waals surface area contributed by atoms with E-state index in [2.05, 4.69) is 61.2 Å². The fourth-order valence-electron chi connectivity index (χ4n) is 4.13. The largest absolute Gasteiger partial charge is 0.494 e. The highest BCUT2D eigenvalue weighted by molar-refractivity contribution is 5.69. The van der Waals surface area contributed by atoms with Crippen LogP contribution in [0.1, 0.15) is 45.1 Å². The van der Waals surface area contributed by atoms with Gasteiger partial charge in [0, 0.05) is 24.7 Å². The van der Waals surface area contributed by atoms with Crippen LogP contribution < -0.4 is 19.1 Å². The second-order valence-electron chi connectivity index (χ2n) is 9.03. The van der Waals surface area contributed by atoms with Gasteiger partial charge in [-0.25, -0.2) is 0 Å². The standard InChI is InChI=1S/C29H33NO5/c1-21(2)30(19-22-7-14-26(15-8-22)33-17-5-3-4-6-29(31)32)25-12-9-23(10-13-25)24-11-16-27-28(18-24)35-20-34-27/h7-16,18,21H,3-6,17,19-20H2,1-2H3,(H,31,32). The minimum Gasteiger partial charge on any atom is -0.494 e. The summed E-state index contributed by atoms with van der Waals surface area (Å²) in [6.07, 6.45) is 2.64. The maximum absolute atomic E-state index is 10.6. The number of anilines is 1. The highest BCUT2D eigenvalue weighted by Gasteiger charge is 2.15. The molecule has 4 rings (SSSR count). The Kier molecular flexibility index (Phi) is 8.14. The molecule has 1 aliphatic heterocycles. The molecule has 0 saturated heterocycles. The molecule has 0 amide bonds. The van der Waals surface area contributed by atoms with E-state index in [1.165, 1.54) is 11.3 Å². The zero-order chi connectivity index (χ0) is 24.6. The predicted octanol–water partition coefficient (Wildman–Crippen LogP) is 6.52. The molecule has 0 unspecified atom stereocenters. The van der Waals surface area contributed by atoms with Gasteiger partial charge in [-0.15, -0.1) is 0 Å². The fraction of sp³-hybridized carbons (Fsp3) is 0.345. The van der Waals surface area contributed by atoms with Gasteiger partial charge in [-0.05, 0) is 86.2 Å². The lowest BCUT2D eigenvalue weighted by molar-refractivity contribution is -0.137. The Bertz CT molecular complexity index is 1110. The molecule has 6 heteroatoms. The number of aliphatic carboxylic acids is 1. The number of hydrogen-bond acceptors (Lipinski definition) is 5. The molecular formula is C29H33NO5. The van der Waals surface area contributed by atoms with Crippen LogP contribution in [-0.2, 0) is 11.3 Å². The molecule has 1 N–H and O–H groups in total. The number of carboxylic acid groups (broad SMARTS) is 1. The highest BCUT2D eigenvalue weighted by Crippen LogP contribution is 2.36. The molecule has 0 spiro atoms. The van der Waals surface area contributed by atoms with Gasteiger partial charge in [0.1, 0.15) is 5.75 Å². The Morgan fingerprint density at radius 2 is 1.63 bits per heavy atom. The minimum atomic E-state index is -0.738. The molecular weight excluding hydrogens is 442 g/mol. The molecule has 0 fully saturated rings. The van der Waals surface area contributed by atoms with Gasteiger partial charge in [0.25, 0.3) is 0 Å². The Balaban J connectivity index is 1.33. The van der Waals surface area contributed by atoms with Crippen LogP contribution in [0.2, 0.25) is 0 Å². The zero-order valence-electron chi connectivity index (χ0n) is 20.4. The molecule has 0 atom stereocenters. The Labute approximate surface area is 207 Å². The smallest absolute Gasteiger partial charge is 0.303 e. The van der Waals surface area contributed by atoms with Crippen LogP contribution in [0.25, 0.3) is 11.1 Å². The van der Waals surface area contributed by atoms with Crippen molar-refractivity contribution >= 4 is 11.7 Å². The van der Waals surface area contributed by atoms with Crippen molar-refractivity contribution in [2.45, 2.75) is 52.1 Å². The second kappa shape index (κ2) is 11.6. The van der Waals surface area contributed by atoms with Gasteiger partial charge in [0.15, 0.2) is 11.5 Å². The van der Waals surface area contributed by atoms with Crippen molar-refractivity contribution < 1.29 is 24.1 Å². The second-order valence-corrected chi connectivity index (χ2v) is 9.03. The van der Waals surface area contributed by atoms with Crippen LogP contribution in [0.3, 0.4) is 0 Å². The first-order chi connectivity index (χ1) is 17.0. The summed E-state index contributed by atoms with van der Waals surface area (Å²) in [6, 6.07) is 23.2. The molecule has 0 saturated carbocycles. The van der Waals surface area contributed by atoms with E-state index in [-0.39, 0.29) is 13.2 Å². The van der Waals surface area contributed by atoms with E-state index in [4.69, 9.17) is 19.3 Å². The third-order valence-corrected chi connectivity index (χ3v) is 6.11. The van der Waals surface area contributed by atoms with Gasteiger partial charge in [0.05, 0.1) is 6.61 Å². The van der Waals surface area contributed by atoms with Crippen molar-refractivity contribution in [2.75, 3.05) is 18.3 Å². The van der Waals surface area contributed by atoms with Crippen LogP contribution in [-0.4, -0.2) is 30.5 Å². The van der Waals surface area contributed by atoms with Crippen LogP contribution in [0, 0.1) is 0 Å². The molecule has 3 aromatic rings. The van der Waals surface area contributed by atoms with Crippen LogP contribution in [0.5, 0.6) is 17.2 Å². The summed E-state index contributed by atoms with van der Waals surface area (Å²) >= 11 is 0. The summed E-state index contributed by atoms with van der Waals surface area (Å²) in [5, 5.41) is 8.69. The summed E-state index contributed by atoms with van der Waals surface area (Å²) in [6.45, 7) is 6.09. The van der Waals surface area contributed by atoms with Crippen molar-refractivity contribution in [3.05, 3.63) is 72.3 Å². The zero-order valence-corrected chi connectivity index (χ0v) is 20.4. The minimum absolute atomic E-state index is 0.224. The highest BCUT2D eigenvalue weighted by atomic mass is 16.7. The quantitative estimate of drug-likeness (QED) is 0.301. The van der Waals surface area contributed by atoms with E-state index in [0.29, 0.717) is 19.1 Å². The monoisotopic (exact) mass is 475 g/mol. The number of carboxylic acids is 1. The topological polar surface area (TPSA) is 68.2 Å². The SMILES string of the molecule is CC(C)N(Cc1ccc(OCCCCCC(=O)O)cc1)c1ccc(-c2ccc3c(c2)OCO3)cc1. The normalized spacial score (nSPS) is 12.1. The molecule has 0 bridgehead atoms. The van der Waals surface area contributed by atoms with Gasteiger partial charge in [0.2, 0.25) is 6.79 Å².